The van der Waals surface area contributed by atoms with Crippen LogP contribution in [0.15, 0.2) is 59.5 Å². The molecule has 1 heterocycles. The van der Waals surface area contributed by atoms with E-state index in [4.69, 9.17) is 14.6 Å². The van der Waals surface area contributed by atoms with Crippen LogP contribution in [0.4, 0.5) is 0 Å². The molecule has 31 heavy (non-hydrogen) atoms. The average molecular weight is 424 g/mol. The number of H-pyrrole nitrogens is 1. The first-order valence-electron chi connectivity index (χ1n) is 10.2. The van der Waals surface area contributed by atoms with Gasteiger partial charge in [0.15, 0.2) is 5.60 Å². The number of aromatic nitrogens is 2. The van der Waals surface area contributed by atoms with E-state index in [1.807, 2.05) is 42.6 Å². The number of ether oxygens (including phenoxy) is 2. The smallest absolute Gasteiger partial charge is 0.347 e. The number of carbonyl (C=O) groups is 1. The number of carboxylic acid groups (broad SMARTS) is 1. The molecule has 0 spiro atoms. The van der Waals surface area contributed by atoms with Crippen LogP contribution in [0.25, 0.3) is 0 Å². The molecule has 3 aromatic rings. The Kier molecular flexibility index (Phi) is 6.84. The molecule has 0 aliphatic rings. The van der Waals surface area contributed by atoms with Crippen molar-refractivity contribution in [2.75, 3.05) is 7.11 Å². The predicted molar refractivity (Wildman–Crippen MR) is 118 cm³/mol. The van der Waals surface area contributed by atoms with E-state index in [1.165, 1.54) is 13.8 Å². The number of nitrogens with zero attached hydrogens (tertiary/aromatic N) is 1. The average Bonchev–Trinajstić information content (AvgIpc) is 3.08. The SMILES string of the molecule is COc1cccc(Cn2cc(CCCc3ccc(OC(C)(C)C(=O)O)cc3)[nH]c2=O)c1. The molecule has 0 bridgehead atoms. The normalized spacial score (nSPS) is 11.3. The Labute approximate surface area is 181 Å². The van der Waals surface area contributed by atoms with E-state index in [0.717, 1.165) is 41.8 Å². The first-order chi connectivity index (χ1) is 14.8. The highest BCUT2D eigenvalue weighted by Gasteiger charge is 2.29. The third-order valence-corrected chi connectivity index (χ3v) is 5.05. The Morgan fingerprint density at radius 2 is 1.81 bits per heavy atom. The van der Waals surface area contributed by atoms with Crippen molar-refractivity contribution in [3.8, 4) is 11.5 Å². The number of hydrogen-bond donors (Lipinski definition) is 2. The van der Waals surface area contributed by atoms with Crippen molar-refractivity contribution in [3.63, 3.8) is 0 Å². The minimum absolute atomic E-state index is 0.125. The highest BCUT2D eigenvalue weighted by Crippen LogP contribution is 2.20. The van der Waals surface area contributed by atoms with Gasteiger partial charge in [0, 0.05) is 11.9 Å². The van der Waals surface area contributed by atoms with E-state index in [0.29, 0.717) is 12.3 Å². The van der Waals surface area contributed by atoms with Crippen LogP contribution in [-0.2, 0) is 24.2 Å². The minimum atomic E-state index is -1.27. The van der Waals surface area contributed by atoms with E-state index in [-0.39, 0.29) is 5.69 Å². The van der Waals surface area contributed by atoms with Gasteiger partial charge < -0.3 is 19.6 Å². The fraction of sp³-hybridized carbons (Fsp3) is 0.333. The lowest BCUT2D eigenvalue weighted by molar-refractivity contribution is -0.152. The van der Waals surface area contributed by atoms with Crippen molar-refractivity contribution in [1.29, 1.82) is 0 Å². The molecule has 2 aromatic carbocycles. The quantitative estimate of drug-likeness (QED) is 0.518. The number of carboxylic acids is 1. The van der Waals surface area contributed by atoms with Crippen LogP contribution in [0.2, 0.25) is 0 Å². The van der Waals surface area contributed by atoms with Crippen LogP contribution >= 0.6 is 0 Å². The summed E-state index contributed by atoms with van der Waals surface area (Å²) >= 11 is 0. The number of aliphatic carboxylic acids is 1. The third kappa shape index (κ3) is 6.01. The Hall–Kier alpha value is -3.48. The highest BCUT2D eigenvalue weighted by molar-refractivity contribution is 5.76. The summed E-state index contributed by atoms with van der Waals surface area (Å²) in [7, 11) is 1.62. The summed E-state index contributed by atoms with van der Waals surface area (Å²) in [5, 5.41) is 9.15. The molecule has 0 saturated heterocycles. The van der Waals surface area contributed by atoms with Gasteiger partial charge >= 0.3 is 11.7 Å². The summed E-state index contributed by atoms with van der Waals surface area (Å²) in [5.74, 6) is 0.281. The molecule has 0 fully saturated rings. The highest BCUT2D eigenvalue weighted by atomic mass is 16.5. The second-order valence-electron chi connectivity index (χ2n) is 7.98. The first-order valence-corrected chi connectivity index (χ1v) is 10.2. The Bertz CT molecular complexity index is 1080. The summed E-state index contributed by atoms with van der Waals surface area (Å²) in [4.78, 5) is 26.3. The van der Waals surface area contributed by atoms with E-state index in [9.17, 15) is 9.59 Å². The molecule has 2 N–H and O–H groups in total. The van der Waals surface area contributed by atoms with Crippen molar-refractivity contribution in [2.24, 2.45) is 0 Å². The van der Waals surface area contributed by atoms with Crippen molar-refractivity contribution in [1.82, 2.24) is 9.55 Å². The van der Waals surface area contributed by atoms with Crippen LogP contribution in [0.5, 0.6) is 11.5 Å². The molecule has 7 heteroatoms. The van der Waals surface area contributed by atoms with E-state index in [1.54, 1.807) is 23.8 Å². The van der Waals surface area contributed by atoms with Gasteiger partial charge in [0.1, 0.15) is 11.5 Å². The number of aryl methyl sites for hydroxylation is 2. The van der Waals surface area contributed by atoms with Gasteiger partial charge in [-0.25, -0.2) is 9.59 Å². The topological polar surface area (TPSA) is 93.5 Å². The van der Waals surface area contributed by atoms with E-state index >= 15 is 0 Å². The second-order valence-corrected chi connectivity index (χ2v) is 7.98. The lowest BCUT2D eigenvalue weighted by Gasteiger charge is -2.21. The number of imidazole rings is 1. The van der Waals surface area contributed by atoms with Gasteiger partial charge in [-0.05, 0) is 68.5 Å². The van der Waals surface area contributed by atoms with Gasteiger partial charge in [-0.15, -0.1) is 0 Å². The molecule has 0 amide bonds. The van der Waals surface area contributed by atoms with Gasteiger partial charge in [0.05, 0.1) is 13.7 Å². The summed E-state index contributed by atoms with van der Waals surface area (Å²) < 4.78 is 12.4. The molecule has 0 aliphatic heterocycles. The zero-order valence-electron chi connectivity index (χ0n) is 18.1. The number of aromatic amines is 1. The molecule has 0 aliphatic carbocycles. The molecule has 1 aromatic heterocycles. The lowest BCUT2D eigenvalue weighted by Crippen LogP contribution is -2.37. The van der Waals surface area contributed by atoms with Crippen molar-refractivity contribution < 1.29 is 19.4 Å². The lowest BCUT2D eigenvalue weighted by atomic mass is 10.1. The van der Waals surface area contributed by atoms with E-state index in [2.05, 4.69) is 4.98 Å². The third-order valence-electron chi connectivity index (χ3n) is 5.05. The fourth-order valence-corrected chi connectivity index (χ4v) is 3.25. The Morgan fingerprint density at radius 1 is 1.06 bits per heavy atom. The maximum absolute atomic E-state index is 12.3. The fourth-order valence-electron chi connectivity index (χ4n) is 3.25. The van der Waals surface area contributed by atoms with Crippen LogP contribution < -0.4 is 15.2 Å². The number of hydrogen-bond acceptors (Lipinski definition) is 4. The van der Waals surface area contributed by atoms with Crippen molar-refractivity contribution in [3.05, 3.63) is 82.0 Å². The van der Waals surface area contributed by atoms with Crippen LogP contribution in [0.3, 0.4) is 0 Å². The molecule has 0 saturated carbocycles. The Balaban J connectivity index is 1.53. The van der Waals surface area contributed by atoms with Gasteiger partial charge in [-0.2, -0.15) is 0 Å². The minimum Gasteiger partial charge on any atom is -0.497 e. The largest absolute Gasteiger partial charge is 0.497 e. The van der Waals surface area contributed by atoms with Gasteiger partial charge in [-0.1, -0.05) is 24.3 Å². The number of rotatable bonds is 10. The van der Waals surface area contributed by atoms with Crippen molar-refractivity contribution in [2.45, 2.75) is 45.3 Å². The molecule has 0 atom stereocenters. The maximum atomic E-state index is 12.3. The molecule has 7 nitrogen and oxygen atoms in total. The summed E-state index contributed by atoms with van der Waals surface area (Å²) in [6.45, 7) is 3.52. The summed E-state index contributed by atoms with van der Waals surface area (Å²) in [5.41, 5.74) is 1.63. The predicted octanol–water partition coefficient (Wildman–Crippen LogP) is 3.65. The van der Waals surface area contributed by atoms with E-state index < -0.39 is 11.6 Å². The summed E-state index contributed by atoms with van der Waals surface area (Å²) in [6, 6.07) is 15.1. The molecule has 164 valence electrons. The number of benzene rings is 2. The standard InChI is InChI=1S/C24H28N2O5/c1-24(2,22(27)28)31-20-12-10-17(11-13-20)6-4-8-19-16-26(23(29)25-19)15-18-7-5-9-21(14-18)30-3/h5,7,9-14,16H,4,6,8,15H2,1-3H3,(H,25,29)(H,27,28). The first kappa shape index (κ1) is 22.2. The molecular weight excluding hydrogens is 396 g/mol. The monoisotopic (exact) mass is 424 g/mol. The second kappa shape index (κ2) is 9.55. The summed E-state index contributed by atoms with van der Waals surface area (Å²) in [6.07, 6.45) is 4.34. The number of nitrogens with one attached hydrogen (secondary N) is 1. The van der Waals surface area contributed by atoms with Crippen LogP contribution in [0, 0.1) is 0 Å². The van der Waals surface area contributed by atoms with Crippen molar-refractivity contribution >= 4 is 5.97 Å². The zero-order chi connectivity index (χ0) is 22.4. The Morgan fingerprint density at radius 3 is 2.48 bits per heavy atom. The molecule has 0 unspecified atom stereocenters. The molecule has 0 radical (unpaired) electrons. The maximum Gasteiger partial charge on any atom is 0.347 e. The van der Waals surface area contributed by atoms with Gasteiger partial charge in [0.25, 0.3) is 0 Å². The number of methoxy groups -OCH3 is 1. The zero-order valence-corrected chi connectivity index (χ0v) is 18.1. The van der Waals surface area contributed by atoms with Crippen LogP contribution in [0.1, 0.15) is 37.1 Å². The van der Waals surface area contributed by atoms with Gasteiger partial charge in [0.2, 0.25) is 0 Å². The van der Waals surface area contributed by atoms with Crippen LogP contribution in [-0.4, -0.2) is 33.3 Å². The van der Waals surface area contributed by atoms with Gasteiger partial charge in [-0.3, -0.25) is 4.57 Å². The molecule has 3 rings (SSSR count). The molecular formula is C24H28N2O5.